The van der Waals surface area contributed by atoms with E-state index in [0.717, 1.165) is 0 Å². The summed E-state index contributed by atoms with van der Waals surface area (Å²) in [5.41, 5.74) is -0.785. The zero-order valence-corrected chi connectivity index (χ0v) is 18.1. The molecule has 3 N–H and O–H groups in total. The zero-order valence-electron chi connectivity index (χ0n) is 14.3. The predicted molar refractivity (Wildman–Crippen MR) is 114 cm³/mol. The number of hydrogen-bond acceptors (Lipinski definition) is 4. The highest BCUT2D eigenvalue weighted by Crippen LogP contribution is 2.53. The number of halogens is 4. The van der Waals surface area contributed by atoms with E-state index in [2.05, 4.69) is 0 Å². The van der Waals surface area contributed by atoms with Gasteiger partial charge in [-0.05, 0) is 35.9 Å². The van der Waals surface area contributed by atoms with Crippen LogP contribution in [-0.4, -0.2) is 23.2 Å². The van der Waals surface area contributed by atoms with Gasteiger partial charge < -0.3 is 10.2 Å². The number of aromatic hydroxyl groups is 2. The molecule has 1 atom stereocenters. The fourth-order valence-electron chi connectivity index (χ4n) is 3.22. The first kappa shape index (κ1) is 22.0. The third kappa shape index (κ3) is 3.54. The molecule has 0 aromatic heterocycles. The Kier molecular flexibility index (Phi) is 5.98. The van der Waals surface area contributed by atoms with Gasteiger partial charge in [0, 0.05) is 21.2 Å². The number of rotatable bonds is 4. The minimum Gasteiger partial charge on any atom is -0.506 e. The van der Waals surface area contributed by atoms with E-state index in [-0.39, 0.29) is 31.8 Å². The van der Waals surface area contributed by atoms with Crippen molar-refractivity contribution in [2.75, 3.05) is 0 Å². The Hall–Kier alpha value is -1.67. The van der Waals surface area contributed by atoms with Crippen molar-refractivity contribution in [2.45, 2.75) is 4.75 Å². The summed E-state index contributed by atoms with van der Waals surface area (Å²) in [6.07, 6.45) is 0. The summed E-state index contributed by atoms with van der Waals surface area (Å²) >= 11 is 24.7. The van der Waals surface area contributed by atoms with Crippen LogP contribution in [0.25, 0.3) is 0 Å². The molecule has 0 saturated heterocycles. The number of para-hydroxylation sites is 1. The van der Waals surface area contributed by atoms with E-state index in [9.17, 15) is 23.2 Å². The Balaban J connectivity index is 2.68. The third-order valence-corrected chi connectivity index (χ3v) is 7.08. The van der Waals surface area contributed by atoms with Crippen molar-refractivity contribution < 1.29 is 23.2 Å². The topological polar surface area (TPSA) is 94.8 Å². The van der Waals surface area contributed by atoms with Crippen LogP contribution >= 0.6 is 46.4 Å². The summed E-state index contributed by atoms with van der Waals surface area (Å²) < 4.78 is 34.0. The van der Waals surface area contributed by atoms with Crippen molar-refractivity contribution in [3.63, 3.8) is 0 Å². The maximum Gasteiger partial charge on any atom is 0.283 e. The van der Waals surface area contributed by atoms with Crippen molar-refractivity contribution in [3.05, 3.63) is 91.4 Å². The molecule has 3 aromatic rings. The normalized spacial score (nSPS) is 13.8. The van der Waals surface area contributed by atoms with Crippen LogP contribution in [-0.2, 0) is 14.9 Å². The van der Waals surface area contributed by atoms with E-state index in [1.54, 1.807) is 0 Å². The van der Waals surface area contributed by atoms with Crippen LogP contribution in [0.3, 0.4) is 0 Å². The Bertz CT molecular complexity index is 1210. The molecule has 152 valence electrons. The number of hydrogen-bond donors (Lipinski definition) is 3. The van der Waals surface area contributed by atoms with E-state index >= 15 is 0 Å². The summed E-state index contributed by atoms with van der Waals surface area (Å²) in [7, 11) is -5.16. The van der Waals surface area contributed by atoms with Crippen LogP contribution in [0.15, 0.2) is 54.6 Å². The Morgan fingerprint density at radius 2 is 1.48 bits per heavy atom. The summed E-state index contributed by atoms with van der Waals surface area (Å²) in [4.78, 5) is 0. The number of phenols is 2. The molecule has 3 rings (SSSR count). The largest absolute Gasteiger partial charge is 0.506 e. The zero-order chi connectivity index (χ0) is 21.6. The SMILES string of the molecule is O=S(=O)(O)C(c1cccc(Cl)c1)(c1cccc(Cl)c1O)c1c(Cl)ccc(O)c1Cl. The molecule has 29 heavy (non-hydrogen) atoms. The highest BCUT2D eigenvalue weighted by Gasteiger charge is 2.53. The molecule has 0 saturated carbocycles. The molecule has 0 aliphatic rings. The van der Waals surface area contributed by atoms with Crippen molar-refractivity contribution in [1.29, 1.82) is 0 Å². The van der Waals surface area contributed by atoms with Gasteiger partial charge in [0.25, 0.3) is 10.1 Å². The van der Waals surface area contributed by atoms with Gasteiger partial charge in [-0.2, -0.15) is 8.42 Å². The molecule has 0 amide bonds. The lowest BCUT2D eigenvalue weighted by Crippen LogP contribution is -2.39. The maximum absolute atomic E-state index is 13.0. The van der Waals surface area contributed by atoms with Crippen LogP contribution in [0.5, 0.6) is 11.5 Å². The van der Waals surface area contributed by atoms with Crippen molar-refractivity contribution in [1.82, 2.24) is 0 Å². The molecule has 10 heteroatoms. The van der Waals surface area contributed by atoms with Gasteiger partial charge in [-0.1, -0.05) is 70.7 Å². The molecule has 1 unspecified atom stereocenters. The Labute approximate surface area is 186 Å². The lowest BCUT2D eigenvalue weighted by molar-refractivity contribution is 0.439. The molecule has 0 bridgehead atoms. The highest BCUT2D eigenvalue weighted by atomic mass is 35.5. The lowest BCUT2D eigenvalue weighted by Gasteiger charge is -2.34. The molecular weight excluding hydrogens is 482 g/mol. The molecule has 0 heterocycles. The fourth-order valence-corrected chi connectivity index (χ4v) is 5.69. The molecular formula is C19H12Cl4O5S. The Morgan fingerprint density at radius 1 is 0.828 bits per heavy atom. The molecule has 3 aromatic carbocycles. The standard InChI is InChI=1S/C19H12Cl4O5S/c20-11-4-1-3-10(9-11)19(29(26,27)28,12-5-2-6-14(22)18(12)25)16-13(21)7-8-15(24)17(16)23/h1-9,24-25H,(H,26,27,28). The summed E-state index contributed by atoms with van der Waals surface area (Å²) in [6.45, 7) is 0. The van der Waals surface area contributed by atoms with E-state index in [1.165, 1.54) is 54.6 Å². The van der Waals surface area contributed by atoms with Crippen LogP contribution in [0.4, 0.5) is 0 Å². The molecule has 0 radical (unpaired) electrons. The average Bonchev–Trinajstić information content (AvgIpc) is 2.64. The second kappa shape index (κ2) is 7.87. The van der Waals surface area contributed by atoms with Crippen molar-refractivity contribution in [3.8, 4) is 11.5 Å². The second-order valence-electron chi connectivity index (χ2n) is 6.06. The van der Waals surface area contributed by atoms with E-state index in [4.69, 9.17) is 46.4 Å². The minimum absolute atomic E-state index is 0.0838. The second-order valence-corrected chi connectivity index (χ2v) is 9.25. The van der Waals surface area contributed by atoms with Crippen molar-refractivity contribution in [2.24, 2.45) is 0 Å². The van der Waals surface area contributed by atoms with Gasteiger partial charge in [0.1, 0.15) is 11.5 Å². The minimum atomic E-state index is -5.16. The van der Waals surface area contributed by atoms with Gasteiger partial charge in [0.15, 0.2) is 4.75 Å². The molecule has 0 spiro atoms. The maximum atomic E-state index is 13.0. The Morgan fingerprint density at radius 3 is 2.10 bits per heavy atom. The van der Waals surface area contributed by atoms with Gasteiger partial charge in [0.2, 0.25) is 0 Å². The summed E-state index contributed by atoms with van der Waals surface area (Å²) in [5.74, 6) is -1.11. The molecule has 5 nitrogen and oxygen atoms in total. The van der Waals surface area contributed by atoms with Crippen LogP contribution in [0.2, 0.25) is 20.1 Å². The van der Waals surface area contributed by atoms with Gasteiger partial charge >= 0.3 is 0 Å². The number of benzene rings is 3. The van der Waals surface area contributed by atoms with Crippen LogP contribution in [0, 0.1) is 0 Å². The van der Waals surface area contributed by atoms with Gasteiger partial charge in [-0.15, -0.1) is 0 Å². The highest BCUT2D eigenvalue weighted by molar-refractivity contribution is 7.87. The number of phenolic OH excluding ortho intramolecular Hbond substituents is 2. The lowest BCUT2D eigenvalue weighted by atomic mass is 9.83. The molecule has 0 aliphatic carbocycles. The van der Waals surface area contributed by atoms with Gasteiger partial charge in [0.05, 0.1) is 10.0 Å². The van der Waals surface area contributed by atoms with E-state index < -0.39 is 31.4 Å². The first-order chi connectivity index (χ1) is 13.5. The van der Waals surface area contributed by atoms with Crippen LogP contribution < -0.4 is 0 Å². The summed E-state index contributed by atoms with van der Waals surface area (Å²) in [6, 6.07) is 11.9. The first-order valence-corrected chi connectivity index (χ1v) is 10.9. The summed E-state index contributed by atoms with van der Waals surface area (Å²) in [5, 5.41) is 20.1. The average molecular weight is 494 g/mol. The van der Waals surface area contributed by atoms with E-state index in [1.807, 2.05) is 0 Å². The fraction of sp³-hybridized carbons (Fsp3) is 0.0526. The molecule has 0 fully saturated rings. The van der Waals surface area contributed by atoms with Gasteiger partial charge in [-0.3, -0.25) is 4.55 Å². The van der Waals surface area contributed by atoms with E-state index in [0.29, 0.717) is 0 Å². The predicted octanol–water partition coefficient (Wildman–Crippen LogP) is 5.89. The third-order valence-electron chi connectivity index (χ3n) is 4.41. The molecule has 0 aliphatic heterocycles. The van der Waals surface area contributed by atoms with Crippen LogP contribution in [0.1, 0.15) is 16.7 Å². The van der Waals surface area contributed by atoms with Gasteiger partial charge in [-0.25, -0.2) is 0 Å². The quantitative estimate of drug-likeness (QED) is 0.311. The first-order valence-electron chi connectivity index (χ1n) is 7.90. The smallest absolute Gasteiger partial charge is 0.283 e. The monoisotopic (exact) mass is 492 g/mol. The van der Waals surface area contributed by atoms with Crippen molar-refractivity contribution >= 4 is 56.5 Å².